The summed E-state index contributed by atoms with van der Waals surface area (Å²) < 4.78 is 31.2. The van der Waals surface area contributed by atoms with Crippen molar-refractivity contribution in [1.29, 1.82) is 0 Å². The van der Waals surface area contributed by atoms with Gasteiger partial charge < -0.3 is 16.1 Å². The maximum atomic E-state index is 9.19. The van der Waals surface area contributed by atoms with Crippen molar-refractivity contribution in [3.8, 4) is 0 Å². The van der Waals surface area contributed by atoms with Crippen LogP contribution in [-0.2, 0) is 14.9 Å². The third kappa shape index (κ3) is 9.41. The zero-order chi connectivity index (χ0) is 12.0. The molecule has 0 amide bonds. The Morgan fingerprint density at radius 3 is 2.29 bits per heavy atom. The molecule has 1 saturated carbocycles. The van der Waals surface area contributed by atoms with Gasteiger partial charge in [-0.3, -0.25) is 4.55 Å². The molecule has 2 fully saturated rings. The molecule has 2 aliphatic rings. The van der Waals surface area contributed by atoms with Gasteiger partial charge in [0.05, 0.1) is 19.5 Å². The second kappa shape index (κ2) is 8.85. The van der Waals surface area contributed by atoms with Crippen LogP contribution >= 0.6 is 0 Å². The fourth-order valence-electron chi connectivity index (χ4n) is 2.00. The second-order valence-electron chi connectivity index (χ2n) is 4.12. The molecule has 96 valence electrons. The summed E-state index contributed by atoms with van der Waals surface area (Å²) in [6.45, 7) is 4.15. The molecule has 0 bridgehead atoms. The number of hydrogen-bond acceptors (Lipinski definition) is 4. The van der Waals surface area contributed by atoms with E-state index in [4.69, 9.17) is 9.29 Å². The topological polar surface area (TPSA) is 66.8 Å². The van der Waals surface area contributed by atoms with Gasteiger partial charge in [-0.1, -0.05) is 12.8 Å². The molecular weight excluding hydrogens is 253 g/mol. The monoisotopic (exact) mass is 273 g/mol. The number of hydrogen-bond donors (Lipinski definition) is 1. The quantitative estimate of drug-likeness (QED) is 0.327. The first-order valence-corrected chi connectivity index (χ1v) is 7.39. The van der Waals surface area contributed by atoms with E-state index >= 15 is 0 Å². The maximum Gasteiger partial charge on any atom is 1.00 e. The van der Waals surface area contributed by atoms with E-state index in [1.807, 2.05) is 0 Å². The molecule has 1 saturated heterocycles. The van der Waals surface area contributed by atoms with Gasteiger partial charge in [0.15, 0.2) is 0 Å². The molecule has 0 aromatic heterocycles. The SMILES string of the molecule is CS(=O)(=O)O.[CH-]1CCCC1N1CCOCC1.[Na+]. The summed E-state index contributed by atoms with van der Waals surface area (Å²) in [5.74, 6) is 0. The smallest absolute Gasteiger partial charge is 0.379 e. The summed E-state index contributed by atoms with van der Waals surface area (Å²) in [5.41, 5.74) is 0. The van der Waals surface area contributed by atoms with Gasteiger partial charge in [0.1, 0.15) is 0 Å². The molecule has 0 aromatic carbocycles. The van der Waals surface area contributed by atoms with Crippen LogP contribution in [0.1, 0.15) is 19.3 Å². The molecule has 0 spiro atoms. The number of ether oxygens (including phenoxy) is 1. The molecular formula is C10H20NNaO4S. The van der Waals surface area contributed by atoms with Crippen molar-refractivity contribution in [2.75, 3.05) is 32.6 Å². The summed E-state index contributed by atoms with van der Waals surface area (Å²) in [6.07, 6.45) is 7.27. The van der Waals surface area contributed by atoms with Crippen LogP contribution in [0.5, 0.6) is 0 Å². The standard InChI is InChI=1S/C9H16NO.CH4O3S.Na/c1-2-4-9(3-1)10-5-7-11-8-6-10;1-5(2,3)4;/h3,9H,1-2,4-8H2;1H3,(H,2,3,4);/q-1;;+1. The van der Waals surface area contributed by atoms with Crippen LogP contribution in [0.25, 0.3) is 0 Å². The summed E-state index contributed by atoms with van der Waals surface area (Å²) in [4.78, 5) is 2.55. The van der Waals surface area contributed by atoms with Gasteiger partial charge in [0, 0.05) is 13.1 Å². The summed E-state index contributed by atoms with van der Waals surface area (Å²) >= 11 is 0. The number of morpholine rings is 1. The van der Waals surface area contributed by atoms with E-state index in [0.29, 0.717) is 6.26 Å². The molecule has 7 heteroatoms. The largest absolute Gasteiger partial charge is 1.00 e. The molecule has 5 nitrogen and oxygen atoms in total. The Labute approximate surface area is 126 Å². The van der Waals surface area contributed by atoms with Crippen LogP contribution in [0, 0.1) is 6.42 Å². The van der Waals surface area contributed by atoms with E-state index in [0.717, 1.165) is 32.3 Å². The van der Waals surface area contributed by atoms with Gasteiger partial charge in [-0.2, -0.15) is 14.8 Å². The van der Waals surface area contributed by atoms with Gasteiger partial charge in [-0.05, 0) is 0 Å². The first kappa shape index (κ1) is 17.8. The molecule has 0 radical (unpaired) electrons. The van der Waals surface area contributed by atoms with Crippen molar-refractivity contribution in [1.82, 2.24) is 4.90 Å². The van der Waals surface area contributed by atoms with Gasteiger partial charge in [0.25, 0.3) is 10.1 Å². The Morgan fingerprint density at radius 2 is 1.88 bits per heavy atom. The average molecular weight is 273 g/mol. The normalized spacial score (nSPS) is 25.6. The van der Waals surface area contributed by atoms with E-state index in [1.54, 1.807) is 0 Å². The fraction of sp³-hybridized carbons (Fsp3) is 0.900. The Bertz CT molecular complexity index is 277. The van der Waals surface area contributed by atoms with Crippen molar-refractivity contribution < 1.29 is 47.3 Å². The number of rotatable bonds is 1. The molecule has 1 heterocycles. The second-order valence-corrected chi connectivity index (χ2v) is 5.58. The molecule has 1 N–H and O–H groups in total. The molecule has 1 unspecified atom stereocenters. The Kier molecular flexibility index (Phi) is 9.28. The van der Waals surface area contributed by atoms with E-state index in [1.165, 1.54) is 19.3 Å². The van der Waals surface area contributed by atoms with E-state index in [-0.39, 0.29) is 29.6 Å². The third-order valence-electron chi connectivity index (χ3n) is 2.66. The minimum absolute atomic E-state index is 0. The van der Waals surface area contributed by atoms with Crippen molar-refractivity contribution in [3.63, 3.8) is 0 Å². The van der Waals surface area contributed by atoms with Crippen LogP contribution in [0.4, 0.5) is 0 Å². The zero-order valence-corrected chi connectivity index (χ0v) is 13.4. The average Bonchev–Trinajstić information content (AvgIpc) is 2.69. The molecule has 17 heavy (non-hydrogen) atoms. The van der Waals surface area contributed by atoms with Crippen molar-refractivity contribution in [2.45, 2.75) is 25.3 Å². The van der Waals surface area contributed by atoms with Crippen LogP contribution in [0.3, 0.4) is 0 Å². The van der Waals surface area contributed by atoms with Crippen LogP contribution in [0.15, 0.2) is 0 Å². The van der Waals surface area contributed by atoms with Crippen molar-refractivity contribution in [2.24, 2.45) is 0 Å². The van der Waals surface area contributed by atoms with E-state index in [2.05, 4.69) is 11.3 Å². The van der Waals surface area contributed by atoms with E-state index < -0.39 is 10.1 Å². The Hall–Kier alpha value is 0.830. The molecule has 0 aromatic rings. The van der Waals surface area contributed by atoms with Crippen molar-refractivity contribution in [3.05, 3.63) is 6.42 Å². The molecule has 1 aliphatic carbocycles. The summed E-state index contributed by atoms with van der Waals surface area (Å²) in [6, 6.07) is 0.777. The van der Waals surface area contributed by atoms with E-state index in [9.17, 15) is 8.42 Å². The Morgan fingerprint density at radius 1 is 1.35 bits per heavy atom. The van der Waals surface area contributed by atoms with Gasteiger partial charge in [-0.15, -0.1) is 6.04 Å². The third-order valence-corrected chi connectivity index (χ3v) is 2.66. The van der Waals surface area contributed by atoms with Gasteiger partial charge in [0.2, 0.25) is 0 Å². The van der Waals surface area contributed by atoms with Crippen LogP contribution in [-0.4, -0.2) is 56.5 Å². The summed E-state index contributed by atoms with van der Waals surface area (Å²) in [5, 5.41) is 0. The molecule has 2 rings (SSSR count). The van der Waals surface area contributed by atoms with Crippen molar-refractivity contribution >= 4 is 10.1 Å². The maximum absolute atomic E-state index is 9.19. The predicted octanol–water partition coefficient (Wildman–Crippen LogP) is -2.42. The van der Waals surface area contributed by atoms with Gasteiger partial charge >= 0.3 is 29.6 Å². The molecule has 1 aliphatic heterocycles. The zero-order valence-electron chi connectivity index (χ0n) is 10.6. The van der Waals surface area contributed by atoms with Crippen LogP contribution < -0.4 is 29.6 Å². The van der Waals surface area contributed by atoms with Gasteiger partial charge in [-0.25, -0.2) is 0 Å². The van der Waals surface area contributed by atoms with Crippen LogP contribution in [0.2, 0.25) is 0 Å². The molecule has 1 atom stereocenters. The minimum atomic E-state index is -3.67. The predicted molar refractivity (Wildman–Crippen MR) is 61.8 cm³/mol. The first-order valence-electron chi connectivity index (χ1n) is 5.54. The number of nitrogens with zero attached hydrogens (tertiary/aromatic N) is 1. The summed E-state index contributed by atoms with van der Waals surface area (Å²) in [7, 11) is -3.67. The fourth-order valence-corrected chi connectivity index (χ4v) is 2.00. The minimum Gasteiger partial charge on any atom is -0.379 e. The Balaban J connectivity index is 0.000000373. The first-order chi connectivity index (χ1) is 7.47.